The molecule has 12 heteroatoms. The second-order valence-electron chi connectivity index (χ2n) is 13.7. The molecule has 1 heterocycles. The van der Waals surface area contributed by atoms with Gasteiger partial charge in [-0.15, -0.1) is 0 Å². The van der Waals surface area contributed by atoms with Crippen LogP contribution in [0.2, 0.25) is 0 Å². The third kappa shape index (κ3) is 4.67. The number of hydrogen-bond donors (Lipinski definition) is 7. The summed E-state index contributed by atoms with van der Waals surface area (Å²) < 4.78 is 0. The molecule has 4 aliphatic rings. The molecule has 5 rings (SSSR count). The fourth-order valence-electron chi connectivity index (χ4n) is 8.05. The van der Waals surface area contributed by atoms with Crippen molar-refractivity contribution in [2.45, 2.75) is 68.9 Å². The van der Waals surface area contributed by atoms with Gasteiger partial charge in [0.25, 0.3) is 0 Å². The molecule has 8 N–H and O–H groups in total. The summed E-state index contributed by atoms with van der Waals surface area (Å²) >= 11 is 0. The van der Waals surface area contributed by atoms with E-state index in [0.717, 1.165) is 17.8 Å². The highest BCUT2D eigenvalue weighted by Crippen LogP contribution is 2.54. The zero-order valence-corrected chi connectivity index (χ0v) is 25.6. The van der Waals surface area contributed by atoms with Crippen molar-refractivity contribution in [3.63, 3.8) is 0 Å². The topological polar surface area (TPSA) is 189 Å². The second kappa shape index (κ2) is 10.2. The van der Waals surface area contributed by atoms with Gasteiger partial charge in [-0.2, -0.15) is 0 Å². The number of nitrogens with zero attached hydrogens (tertiary/aromatic N) is 2. The molecule has 3 fully saturated rings. The molecule has 2 saturated carbocycles. The Morgan fingerprint density at radius 2 is 1.81 bits per heavy atom. The summed E-state index contributed by atoms with van der Waals surface area (Å²) in [4.78, 5) is 43.4. The van der Waals surface area contributed by atoms with E-state index in [4.69, 9.17) is 5.73 Å². The lowest BCUT2D eigenvalue weighted by atomic mass is 9.54. The van der Waals surface area contributed by atoms with Crippen LogP contribution in [0.1, 0.15) is 44.2 Å². The molecule has 0 bridgehead atoms. The van der Waals surface area contributed by atoms with Crippen LogP contribution in [-0.4, -0.2) is 100 Å². The van der Waals surface area contributed by atoms with Crippen LogP contribution in [0.5, 0.6) is 5.75 Å². The first-order chi connectivity index (χ1) is 19.9. The van der Waals surface area contributed by atoms with Crippen molar-refractivity contribution >= 4 is 34.6 Å². The highest BCUT2D eigenvalue weighted by Gasteiger charge is 2.67. The summed E-state index contributed by atoms with van der Waals surface area (Å²) in [6.07, 6.45) is 0.109. The van der Waals surface area contributed by atoms with E-state index >= 15 is 0 Å². The van der Waals surface area contributed by atoms with Crippen LogP contribution in [0, 0.1) is 17.8 Å². The Morgan fingerprint density at radius 1 is 1.16 bits per heavy atom. The standard InChI is InChI=1S/C31H43N5O7/c1-13-8-15(12-30(2,3)34-13)33-18-11-19(35(4)5)16-9-14-10-17-23(36(6)7)26(39)22(29(32)42)28(41)31(17,43)27(40)20(14)25(38)21(16)24(18)37/h11,14-15,17,22-23,26,33-34,37-39,43H,1,8-10,12H2,2-7H3,(H2,32,42)/t14-,15?,17-,22?,23-,26?,31-/m0/s1. The van der Waals surface area contributed by atoms with Gasteiger partial charge in [-0.3, -0.25) is 14.4 Å². The molecular weight excluding hydrogens is 554 g/mol. The number of amides is 1. The number of carbonyl (C=O) groups is 3. The minimum Gasteiger partial charge on any atom is -0.507 e. The first-order valence-corrected chi connectivity index (χ1v) is 14.6. The number of aromatic hydroxyl groups is 1. The highest BCUT2D eigenvalue weighted by atomic mass is 16.3. The minimum absolute atomic E-state index is 0.0567. The molecule has 234 valence electrons. The highest BCUT2D eigenvalue weighted by molar-refractivity contribution is 6.25. The van der Waals surface area contributed by atoms with Crippen molar-refractivity contribution < 1.29 is 34.8 Å². The summed E-state index contributed by atoms with van der Waals surface area (Å²) in [5.41, 5.74) is 4.98. The fourth-order valence-corrected chi connectivity index (χ4v) is 8.05. The minimum atomic E-state index is -2.69. The van der Waals surface area contributed by atoms with E-state index in [9.17, 15) is 34.8 Å². The first-order valence-electron chi connectivity index (χ1n) is 14.6. The SMILES string of the molecule is C=C1CC(Nc2cc(N(C)C)c3c(c2O)C(O)=C2C(=O)[C@]4(O)C(=O)C(C(N)=O)C(O)[C@@H](N(C)C)[C@@H]4C[C@@H]2C3)CC(C)(C)N1. The molecule has 1 saturated heterocycles. The van der Waals surface area contributed by atoms with Crippen molar-refractivity contribution in [1.82, 2.24) is 10.2 Å². The van der Waals surface area contributed by atoms with E-state index in [1.54, 1.807) is 19.0 Å². The van der Waals surface area contributed by atoms with Crippen molar-refractivity contribution in [1.29, 1.82) is 0 Å². The molecule has 43 heavy (non-hydrogen) atoms. The van der Waals surface area contributed by atoms with Crippen LogP contribution < -0.4 is 21.3 Å². The molecule has 12 nitrogen and oxygen atoms in total. The molecule has 1 aliphatic heterocycles. The average molecular weight is 598 g/mol. The van der Waals surface area contributed by atoms with Crippen molar-refractivity contribution in [2.75, 3.05) is 38.4 Å². The van der Waals surface area contributed by atoms with Crippen LogP contribution in [0.4, 0.5) is 11.4 Å². The number of aliphatic hydroxyl groups is 3. The van der Waals surface area contributed by atoms with E-state index in [1.165, 1.54) is 0 Å². The maximum Gasteiger partial charge on any atom is 0.230 e. The molecule has 0 aromatic heterocycles. The average Bonchev–Trinajstić information content (AvgIpc) is 2.86. The number of phenolic OH excluding ortho intramolecular Hbond substituents is 1. The summed E-state index contributed by atoms with van der Waals surface area (Å²) in [7, 11) is 6.94. The van der Waals surface area contributed by atoms with Crippen LogP contribution in [-0.2, 0) is 20.8 Å². The number of Topliss-reactive ketones (excluding diaryl/α,β-unsaturated/α-hetero) is 2. The molecule has 3 unspecified atom stereocenters. The number of primary amides is 1. The predicted molar refractivity (Wildman–Crippen MR) is 161 cm³/mol. The van der Waals surface area contributed by atoms with Crippen molar-refractivity contribution in [2.24, 2.45) is 23.5 Å². The van der Waals surface area contributed by atoms with Gasteiger partial charge in [0, 0.05) is 61.0 Å². The number of phenols is 1. The number of benzene rings is 1. The summed E-state index contributed by atoms with van der Waals surface area (Å²) in [6, 6.07) is 0.803. The number of aliphatic hydroxyl groups excluding tert-OH is 2. The van der Waals surface area contributed by atoms with Crippen LogP contribution in [0.25, 0.3) is 5.76 Å². The van der Waals surface area contributed by atoms with Crippen molar-refractivity contribution in [3.8, 4) is 5.75 Å². The number of nitrogens with one attached hydrogen (secondary N) is 2. The lowest BCUT2D eigenvalue weighted by molar-refractivity contribution is -0.184. The number of fused-ring (bicyclic) bond motifs is 3. The van der Waals surface area contributed by atoms with Crippen molar-refractivity contribution in [3.05, 3.63) is 35.0 Å². The monoisotopic (exact) mass is 597 g/mol. The molecule has 1 amide bonds. The van der Waals surface area contributed by atoms with E-state index < -0.39 is 58.7 Å². The Kier molecular flexibility index (Phi) is 7.34. The molecule has 1 aromatic rings. The van der Waals surface area contributed by atoms with Gasteiger partial charge in [-0.1, -0.05) is 6.58 Å². The van der Waals surface area contributed by atoms with E-state index in [-0.39, 0.29) is 41.3 Å². The van der Waals surface area contributed by atoms with Gasteiger partial charge in [-0.05, 0) is 64.8 Å². The Morgan fingerprint density at radius 3 is 2.37 bits per heavy atom. The second-order valence-corrected chi connectivity index (χ2v) is 13.7. The molecule has 0 spiro atoms. The van der Waals surface area contributed by atoms with Gasteiger partial charge < -0.3 is 46.6 Å². The van der Waals surface area contributed by atoms with Gasteiger partial charge >= 0.3 is 0 Å². The van der Waals surface area contributed by atoms with E-state index in [2.05, 4.69) is 31.1 Å². The number of anilines is 2. The van der Waals surface area contributed by atoms with Gasteiger partial charge in [0.15, 0.2) is 11.4 Å². The Labute approximate surface area is 251 Å². The third-order valence-electron chi connectivity index (χ3n) is 9.67. The summed E-state index contributed by atoms with van der Waals surface area (Å²) in [6.45, 7) is 8.20. The number of hydrogen-bond acceptors (Lipinski definition) is 11. The van der Waals surface area contributed by atoms with E-state index in [0.29, 0.717) is 17.7 Å². The first kappa shape index (κ1) is 30.8. The smallest absolute Gasteiger partial charge is 0.230 e. The summed E-state index contributed by atoms with van der Waals surface area (Å²) in [5, 5.41) is 53.0. The normalized spacial score (nSPS) is 33.4. The Bertz CT molecular complexity index is 1450. The lowest BCUT2D eigenvalue weighted by Crippen LogP contribution is -2.73. The third-order valence-corrected chi connectivity index (χ3v) is 9.67. The maximum atomic E-state index is 14.2. The number of nitrogens with two attached hydrogens (primary N) is 1. The molecular formula is C31H43N5O7. The quantitative estimate of drug-likeness (QED) is 0.186. The molecule has 0 radical (unpaired) electrons. The fraction of sp³-hybridized carbons (Fsp3) is 0.581. The number of piperidine rings is 1. The molecule has 3 aliphatic carbocycles. The Hall–Kier alpha value is -3.61. The van der Waals surface area contributed by atoms with Crippen LogP contribution in [0.15, 0.2) is 23.9 Å². The number of ketones is 2. The van der Waals surface area contributed by atoms with Gasteiger partial charge in [0.1, 0.15) is 17.4 Å². The van der Waals surface area contributed by atoms with E-state index in [1.807, 2.05) is 25.1 Å². The maximum absolute atomic E-state index is 14.2. The van der Waals surface area contributed by atoms with Crippen LogP contribution in [0.3, 0.4) is 0 Å². The van der Waals surface area contributed by atoms with Gasteiger partial charge in [0.05, 0.1) is 17.4 Å². The number of carbonyl (C=O) groups excluding carboxylic acids is 3. The number of likely N-dealkylation sites (N-methyl/N-ethyl adjacent to an activating group) is 1. The van der Waals surface area contributed by atoms with Gasteiger partial charge in [-0.25, -0.2) is 0 Å². The molecule has 1 aromatic carbocycles. The van der Waals surface area contributed by atoms with Gasteiger partial charge in [0.2, 0.25) is 11.7 Å². The lowest BCUT2D eigenvalue weighted by Gasteiger charge is -2.53. The number of rotatable bonds is 5. The largest absolute Gasteiger partial charge is 0.507 e. The van der Waals surface area contributed by atoms with Crippen LogP contribution >= 0.6 is 0 Å². The predicted octanol–water partition coefficient (Wildman–Crippen LogP) is 0.651. The molecule has 7 atom stereocenters. The summed E-state index contributed by atoms with van der Waals surface area (Å²) in [5.74, 6) is -7.61. The zero-order chi connectivity index (χ0) is 31.9. The zero-order valence-electron chi connectivity index (χ0n) is 25.6. The Balaban J connectivity index is 1.64.